The summed E-state index contributed by atoms with van der Waals surface area (Å²) in [6.45, 7) is 4.04. The molecule has 1 aromatic rings. The van der Waals surface area contributed by atoms with Gasteiger partial charge in [-0.05, 0) is 31.8 Å². The van der Waals surface area contributed by atoms with Gasteiger partial charge < -0.3 is 5.73 Å². The molecule has 2 heterocycles. The second-order valence-electron chi connectivity index (χ2n) is 4.27. The normalized spacial score (nSPS) is 22.4. The predicted octanol–water partition coefficient (Wildman–Crippen LogP) is -0.0142. The number of nitrogens with two attached hydrogens (primary N) is 1. The lowest BCUT2D eigenvalue weighted by Crippen LogP contribution is -2.22. The quantitative estimate of drug-likeness (QED) is 0.757. The number of hydrogen-bond donors (Lipinski definition) is 1. The van der Waals surface area contributed by atoms with Crippen LogP contribution < -0.4 is 5.73 Å². The number of nitrogens with zero attached hydrogens (tertiary/aromatic N) is 4. The summed E-state index contributed by atoms with van der Waals surface area (Å²) in [5, 5.41) is 4.07. The zero-order valence-electron chi connectivity index (χ0n) is 9.26. The fourth-order valence-electron chi connectivity index (χ4n) is 2.19. The highest BCUT2D eigenvalue weighted by Crippen LogP contribution is 2.19. The number of aryl methyl sites for hydroxylation is 1. The van der Waals surface area contributed by atoms with Gasteiger partial charge in [-0.1, -0.05) is 0 Å². The smallest absolute Gasteiger partial charge is 0.140 e. The third kappa shape index (κ3) is 2.54. The van der Waals surface area contributed by atoms with Gasteiger partial charge in [-0.2, -0.15) is 5.10 Å². The standard InChI is InChI=1S/C10H19N5/c1-14-10(12-8-13-14)7-15-5-3-9(6-15)2-4-11/h8-9H,2-7,11H2,1H3. The van der Waals surface area contributed by atoms with Gasteiger partial charge in [-0.25, -0.2) is 4.98 Å². The predicted molar refractivity (Wildman–Crippen MR) is 58.1 cm³/mol. The van der Waals surface area contributed by atoms with Gasteiger partial charge >= 0.3 is 0 Å². The molecule has 0 saturated carbocycles. The number of aromatic nitrogens is 3. The van der Waals surface area contributed by atoms with E-state index in [2.05, 4.69) is 15.0 Å². The largest absolute Gasteiger partial charge is 0.330 e. The van der Waals surface area contributed by atoms with Crippen molar-refractivity contribution < 1.29 is 0 Å². The molecule has 0 radical (unpaired) electrons. The van der Waals surface area contributed by atoms with E-state index >= 15 is 0 Å². The van der Waals surface area contributed by atoms with Crippen molar-refractivity contribution in [1.82, 2.24) is 19.7 Å². The molecule has 1 atom stereocenters. The molecule has 0 amide bonds. The molecule has 1 saturated heterocycles. The molecule has 0 bridgehead atoms. The van der Waals surface area contributed by atoms with Crippen LogP contribution in [-0.2, 0) is 13.6 Å². The van der Waals surface area contributed by atoms with Gasteiger partial charge in [0.25, 0.3) is 0 Å². The average molecular weight is 209 g/mol. The molecule has 1 aliphatic heterocycles. The van der Waals surface area contributed by atoms with Crippen LogP contribution in [-0.4, -0.2) is 39.3 Å². The third-order valence-electron chi connectivity index (χ3n) is 3.12. The van der Waals surface area contributed by atoms with E-state index in [9.17, 15) is 0 Å². The Hall–Kier alpha value is -0.940. The van der Waals surface area contributed by atoms with Crippen molar-refractivity contribution >= 4 is 0 Å². The third-order valence-corrected chi connectivity index (χ3v) is 3.12. The molecule has 0 aromatic carbocycles. The van der Waals surface area contributed by atoms with E-state index in [-0.39, 0.29) is 0 Å². The van der Waals surface area contributed by atoms with Gasteiger partial charge in [-0.15, -0.1) is 0 Å². The zero-order valence-corrected chi connectivity index (χ0v) is 9.26. The summed E-state index contributed by atoms with van der Waals surface area (Å²) >= 11 is 0. The lowest BCUT2D eigenvalue weighted by atomic mass is 10.1. The molecule has 5 nitrogen and oxygen atoms in total. The van der Waals surface area contributed by atoms with Gasteiger partial charge in [0, 0.05) is 13.6 Å². The summed E-state index contributed by atoms with van der Waals surface area (Å²) in [5.74, 6) is 1.83. The van der Waals surface area contributed by atoms with Gasteiger partial charge in [-0.3, -0.25) is 9.58 Å². The van der Waals surface area contributed by atoms with Crippen LogP contribution in [0.4, 0.5) is 0 Å². The van der Waals surface area contributed by atoms with Crippen molar-refractivity contribution in [3.05, 3.63) is 12.2 Å². The second kappa shape index (κ2) is 4.72. The van der Waals surface area contributed by atoms with E-state index in [1.807, 2.05) is 11.7 Å². The topological polar surface area (TPSA) is 60.0 Å². The van der Waals surface area contributed by atoms with Crippen LogP contribution in [0.1, 0.15) is 18.7 Å². The molecule has 2 N–H and O–H groups in total. The minimum atomic E-state index is 0.781. The van der Waals surface area contributed by atoms with Crippen molar-refractivity contribution in [3.63, 3.8) is 0 Å². The summed E-state index contributed by atoms with van der Waals surface area (Å²) < 4.78 is 1.84. The van der Waals surface area contributed by atoms with Gasteiger partial charge in [0.05, 0.1) is 6.54 Å². The van der Waals surface area contributed by atoms with E-state index < -0.39 is 0 Å². The van der Waals surface area contributed by atoms with Crippen LogP contribution in [0.2, 0.25) is 0 Å². The number of rotatable bonds is 4. The van der Waals surface area contributed by atoms with Crippen LogP contribution in [0, 0.1) is 5.92 Å². The first kappa shape index (κ1) is 10.6. The van der Waals surface area contributed by atoms with Gasteiger partial charge in [0.1, 0.15) is 12.2 Å². The number of hydrogen-bond acceptors (Lipinski definition) is 4. The minimum Gasteiger partial charge on any atom is -0.330 e. The molecule has 1 aliphatic rings. The molecule has 1 aromatic heterocycles. The molecular formula is C10H19N5. The molecule has 84 valence electrons. The average Bonchev–Trinajstić information content (AvgIpc) is 2.79. The monoisotopic (exact) mass is 209 g/mol. The fourth-order valence-corrected chi connectivity index (χ4v) is 2.19. The first-order valence-electron chi connectivity index (χ1n) is 5.55. The first-order valence-corrected chi connectivity index (χ1v) is 5.55. The summed E-state index contributed by atoms with van der Waals surface area (Å²) in [5.41, 5.74) is 5.57. The fraction of sp³-hybridized carbons (Fsp3) is 0.800. The van der Waals surface area contributed by atoms with E-state index in [0.717, 1.165) is 44.3 Å². The SMILES string of the molecule is Cn1ncnc1CN1CCC(CCN)C1. The van der Waals surface area contributed by atoms with E-state index in [4.69, 9.17) is 5.73 Å². The Morgan fingerprint density at radius 2 is 2.47 bits per heavy atom. The number of likely N-dealkylation sites (tertiary alicyclic amines) is 1. The maximum Gasteiger partial charge on any atom is 0.140 e. The van der Waals surface area contributed by atoms with Crippen molar-refractivity contribution in [1.29, 1.82) is 0 Å². The molecule has 5 heteroatoms. The lowest BCUT2D eigenvalue weighted by molar-refractivity contribution is 0.301. The van der Waals surface area contributed by atoms with E-state index in [0.29, 0.717) is 0 Å². The van der Waals surface area contributed by atoms with Crippen molar-refractivity contribution in [2.45, 2.75) is 19.4 Å². The highest BCUT2D eigenvalue weighted by Gasteiger charge is 2.22. The first-order chi connectivity index (χ1) is 7.29. The zero-order chi connectivity index (χ0) is 10.7. The van der Waals surface area contributed by atoms with Crippen LogP contribution in [0.15, 0.2) is 6.33 Å². The molecule has 2 rings (SSSR count). The van der Waals surface area contributed by atoms with Crippen LogP contribution in [0.5, 0.6) is 0 Å². The van der Waals surface area contributed by atoms with E-state index in [1.165, 1.54) is 6.42 Å². The van der Waals surface area contributed by atoms with Gasteiger partial charge in [0.2, 0.25) is 0 Å². The van der Waals surface area contributed by atoms with Gasteiger partial charge in [0.15, 0.2) is 0 Å². The van der Waals surface area contributed by atoms with Crippen molar-refractivity contribution in [3.8, 4) is 0 Å². The highest BCUT2D eigenvalue weighted by atomic mass is 15.3. The molecule has 1 fully saturated rings. The molecular weight excluding hydrogens is 190 g/mol. The van der Waals surface area contributed by atoms with Crippen LogP contribution in [0.25, 0.3) is 0 Å². The van der Waals surface area contributed by atoms with Crippen molar-refractivity contribution in [2.24, 2.45) is 18.7 Å². The molecule has 1 unspecified atom stereocenters. The Bertz CT molecular complexity index is 309. The summed E-state index contributed by atoms with van der Waals surface area (Å²) in [4.78, 5) is 6.67. The lowest BCUT2D eigenvalue weighted by Gasteiger charge is -2.14. The molecule has 0 spiro atoms. The Morgan fingerprint density at radius 3 is 3.13 bits per heavy atom. The van der Waals surface area contributed by atoms with Crippen LogP contribution >= 0.6 is 0 Å². The molecule has 15 heavy (non-hydrogen) atoms. The minimum absolute atomic E-state index is 0.781. The Balaban J connectivity index is 1.85. The maximum atomic E-state index is 5.57. The maximum absolute atomic E-state index is 5.57. The molecule has 0 aliphatic carbocycles. The Labute approximate surface area is 90.3 Å². The van der Waals surface area contributed by atoms with Crippen molar-refractivity contribution in [2.75, 3.05) is 19.6 Å². The Kier molecular flexibility index (Phi) is 3.33. The second-order valence-corrected chi connectivity index (χ2v) is 4.27. The summed E-state index contributed by atoms with van der Waals surface area (Å²) in [6, 6.07) is 0. The summed E-state index contributed by atoms with van der Waals surface area (Å²) in [6.07, 6.45) is 4.03. The van der Waals surface area contributed by atoms with E-state index in [1.54, 1.807) is 6.33 Å². The summed E-state index contributed by atoms with van der Waals surface area (Å²) in [7, 11) is 1.94. The Morgan fingerprint density at radius 1 is 1.60 bits per heavy atom. The van der Waals surface area contributed by atoms with Crippen LogP contribution in [0.3, 0.4) is 0 Å². The highest BCUT2D eigenvalue weighted by molar-refractivity contribution is 4.86.